The lowest BCUT2D eigenvalue weighted by Crippen LogP contribution is -2.45. The van der Waals surface area contributed by atoms with Crippen LogP contribution in [-0.4, -0.2) is 36.1 Å². The molecule has 1 rings (SSSR count). The normalized spacial score (nSPS) is 29.6. The summed E-state index contributed by atoms with van der Waals surface area (Å²) in [6, 6.07) is 2.32. The molecule has 0 aromatic carbocycles. The molecule has 3 atom stereocenters. The van der Waals surface area contributed by atoms with Crippen molar-refractivity contribution >= 4 is 0 Å². The zero-order valence-electron chi connectivity index (χ0n) is 10.9. The van der Waals surface area contributed by atoms with Gasteiger partial charge in [-0.2, -0.15) is 0 Å². The Kier molecular flexibility index (Phi) is 5.62. The van der Waals surface area contributed by atoms with Crippen LogP contribution in [0.1, 0.15) is 53.4 Å². The Hall–Kier alpha value is -0.0800. The van der Waals surface area contributed by atoms with Crippen molar-refractivity contribution in [2.75, 3.05) is 13.1 Å². The van der Waals surface area contributed by atoms with Crippen LogP contribution in [0.5, 0.6) is 0 Å². The third-order valence-electron chi connectivity index (χ3n) is 3.84. The van der Waals surface area contributed by atoms with E-state index in [9.17, 15) is 0 Å². The molecule has 0 aromatic rings. The molecule has 15 heavy (non-hydrogen) atoms. The molecule has 1 heterocycles. The number of hydrogen-bond acceptors (Lipinski definition) is 2. The van der Waals surface area contributed by atoms with Crippen molar-refractivity contribution in [1.82, 2.24) is 10.2 Å². The van der Waals surface area contributed by atoms with Crippen LogP contribution in [0.15, 0.2) is 0 Å². The van der Waals surface area contributed by atoms with E-state index in [0.717, 1.165) is 18.6 Å². The number of hydrogen-bond donors (Lipinski definition) is 1. The van der Waals surface area contributed by atoms with E-state index in [4.69, 9.17) is 0 Å². The van der Waals surface area contributed by atoms with Gasteiger partial charge < -0.3 is 5.32 Å². The van der Waals surface area contributed by atoms with E-state index in [1.807, 2.05) is 0 Å². The summed E-state index contributed by atoms with van der Waals surface area (Å²) >= 11 is 0. The summed E-state index contributed by atoms with van der Waals surface area (Å²) < 4.78 is 0. The highest BCUT2D eigenvalue weighted by atomic mass is 15.2. The zero-order valence-corrected chi connectivity index (χ0v) is 10.9. The molecule has 2 nitrogen and oxygen atoms in total. The minimum Gasteiger partial charge on any atom is -0.313 e. The van der Waals surface area contributed by atoms with Crippen LogP contribution in [0.4, 0.5) is 0 Å². The summed E-state index contributed by atoms with van der Waals surface area (Å²) in [4.78, 5) is 2.72. The molecule has 0 bridgehead atoms. The summed E-state index contributed by atoms with van der Waals surface area (Å²) in [5.41, 5.74) is 0. The maximum atomic E-state index is 3.58. The van der Waals surface area contributed by atoms with E-state index in [-0.39, 0.29) is 0 Å². The first-order valence-electron chi connectivity index (χ1n) is 6.71. The summed E-state index contributed by atoms with van der Waals surface area (Å²) in [7, 11) is 0. The topological polar surface area (TPSA) is 15.3 Å². The second kappa shape index (κ2) is 6.49. The molecule has 0 radical (unpaired) electrons. The van der Waals surface area contributed by atoms with Gasteiger partial charge in [-0.1, -0.05) is 20.8 Å². The first-order chi connectivity index (χ1) is 7.22. The Balaban J connectivity index is 2.45. The van der Waals surface area contributed by atoms with Crippen molar-refractivity contribution in [2.45, 2.75) is 71.5 Å². The quantitative estimate of drug-likeness (QED) is 0.728. The SMILES string of the molecule is CCNC(CC)CN1C(C)CCC1CC. The van der Waals surface area contributed by atoms with Crippen molar-refractivity contribution in [3.05, 3.63) is 0 Å². The molecule has 1 aliphatic heterocycles. The molecular formula is C13H28N2. The smallest absolute Gasteiger partial charge is 0.0192 e. The van der Waals surface area contributed by atoms with E-state index in [0.29, 0.717) is 6.04 Å². The fourth-order valence-corrected chi connectivity index (χ4v) is 2.77. The van der Waals surface area contributed by atoms with E-state index >= 15 is 0 Å². The Morgan fingerprint density at radius 3 is 2.53 bits per heavy atom. The first-order valence-corrected chi connectivity index (χ1v) is 6.71. The molecule has 0 aliphatic carbocycles. The second-order valence-corrected chi connectivity index (χ2v) is 4.85. The lowest BCUT2D eigenvalue weighted by molar-refractivity contribution is 0.175. The molecule has 90 valence electrons. The zero-order chi connectivity index (χ0) is 11.3. The Morgan fingerprint density at radius 2 is 2.00 bits per heavy atom. The van der Waals surface area contributed by atoms with Crippen LogP contribution < -0.4 is 5.32 Å². The number of nitrogens with one attached hydrogen (secondary N) is 1. The number of likely N-dealkylation sites (N-methyl/N-ethyl adjacent to an activating group) is 1. The molecule has 1 aliphatic rings. The minimum atomic E-state index is 0.685. The van der Waals surface area contributed by atoms with E-state index in [2.05, 4.69) is 37.9 Å². The summed E-state index contributed by atoms with van der Waals surface area (Å²) in [6.45, 7) is 11.5. The molecule has 0 spiro atoms. The van der Waals surface area contributed by atoms with Gasteiger partial charge in [0, 0.05) is 24.7 Å². The lowest BCUT2D eigenvalue weighted by atomic mass is 10.1. The van der Waals surface area contributed by atoms with E-state index in [1.165, 1.54) is 32.2 Å². The Labute approximate surface area is 95.4 Å². The van der Waals surface area contributed by atoms with Gasteiger partial charge in [0.05, 0.1) is 0 Å². The summed E-state index contributed by atoms with van der Waals surface area (Å²) in [5.74, 6) is 0. The van der Waals surface area contributed by atoms with Gasteiger partial charge in [0.1, 0.15) is 0 Å². The van der Waals surface area contributed by atoms with Gasteiger partial charge in [0.2, 0.25) is 0 Å². The highest BCUT2D eigenvalue weighted by Gasteiger charge is 2.30. The molecule has 0 aromatic heterocycles. The highest BCUT2D eigenvalue weighted by Crippen LogP contribution is 2.26. The molecule has 1 N–H and O–H groups in total. The van der Waals surface area contributed by atoms with Crippen molar-refractivity contribution in [1.29, 1.82) is 0 Å². The van der Waals surface area contributed by atoms with Gasteiger partial charge in [-0.15, -0.1) is 0 Å². The minimum absolute atomic E-state index is 0.685. The summed E-state index contributed by atoms with van der Waals surface area (Å²) in [6.07, 6.45) is 5.35. The number of nitrogens with zero attached hydrogens (tertiary/aromatic N) is 1. The Bertz CT molecular complexity index is 170. The van der Waals surface area contributed by atoms with Crippen LogP contribution in [0.2, 0.25) is 0 Å². The third-order valence-corrected chi connectivity index (χ3v) is 3.84. The van der Waals surface area contributed by atoms with Crippen LogP contribution in [0.25, 0.3) is 0 Å². The molecule has 1 saturated heterocycles. The van der Waals surface area contributed by atoms with Crippen molar-refractivity contribution in [2.24, 2.45) is 0 Å². The molecule has 1 fully saturated rings. The van der Waals surface area contributed by atoms with E-state index < -0.39 is 0 Å². The molecule has 0 saturated carbocycles. The largest absolute Gasteiger partial charge is 0.313 e. The predicted molar refractivity (Wildman–Crippen MR) is 67.2 cm³/mol. The van der Waals surface area contributed by atoms with Gasteiger partial charge in [-0.3, -0.25) is 4.90 Å². The summed E-state index contributed by atoms with van der Waals surface area (Å²) in [5, 5.41) is 3.58. The second-order valence-electron chi connectivity index (χ2n) is 4.85. The number of rotatable bonds is 6. The van der Waals surface area contributed by atoms with Crippen molar-refractivity contribution in [3.8, 4) is 0 Å². The standard InChI is InChI=1S/C13H28N2/c1-5-12(14-7-3)10-15-11(4)8-9-13(15)6-2/h11-14H,5-10H2,1-4H3. The van der Waals surface area contributed by atoms with Crippen LogP contribution >= 0.6 is 0 Å². The lowest BCUT2D eigenvalue weighted by Gasteiger charge is -2.31. The van der Waals surface area contributed by atoms with Gasteiger partial charge in [0.25, 0.3) is 0 Å². The van der Waals surface area contributed by atoms with Gasteiger partial charge >= 0.3 is 0 Å². The first kappa shape index (κ1) is 13.0. The third kappa shape index (κ3) is 3.46. The maximum absolute atomic E-state index is 3.58. The van der Waals surface area contributed by atoms with Gasteiger partial charge in [0.15, 0.2) is 0 Å². The Morgan fingerprint density at radius 1 is 1.27 bits per heavy atom. The van der Waals surface area contributed by atoms with E-state index in [1.54, 1.807) is 0 Å². The van der Waals surface area contributed by atoms with Gasteiger partial charge in [-0.25, -0.2) is 0 Å². The predicted octanol–water partition coefficient (Wildman–Crippen LogP) is 2.64. The average Bonchev–Trinajstić information content (AvgIpc) is 2.59. The van der Waals surface area contributed by atoms with Gasteiger partial charge in [-0.05, 0) is 39.2 Å². The maximum Gasteiger partial charge on any atom is 0.0192 e. The van der Waals surface area contributed by atoms with Crippen molar-refractivity contribution < 1.29 is 0 Å². The van der Waals surface area contributed by atoms with Crippen molar-refractivity contribution in [3.63, 3.8) is 0 Å². The van der Waals surface area contributed by atoms with Crippen LogP contribution in [-0.2, 0) is 0 Å². The highest BCUT2D eigenvalue weighted by molar-refractivity contribution is 4.86. The van der Waals surface area contributed by atoms with Crippen LogP contribution in [0.3, 0.4) is 0 Å². The fourth-order valence-electron chi connectivity index (χ4n) is 2.77. The molecule has 0 amide bonds. The number of likely N-dealkylation sites (tertiary alicyclic amines) is 1. The average molecular weight is 212 g/mol. The molecule has 2 heteroatoms. The van der Waals surface area contributed by atoms with Crippen LogP contribution in [0, 0.1) is 0 Å². The molecular weight excluding hydrogens is 184 g/mol. The fraction of sp³-hybridized carbons (Fsp3) is 1.00. The molecule has 3 unspecified atom stereocenters. The monoisotopic (exact) mass is 212 g/mol.